The lowest BCUT2D eigenvalue weighted by atomic mass is 9.94. The molecule has 1 fully saturated rings. The topological polar surface area (TPSA) is 90.2 Å². The lowest BCUT2D eigenvalue weighted by Crippen LogP contribution is -2.58. The Balaban J connectivity index is 2.66. The third kappa shape index (κ3) is 2.00. The van der Waals surface area contributed by atoms with Crippen LogP contribution in [0, 0.1) is 0 Å². The van der Waals surface area contributed by atoms with E-state index in [0.717, 1.165) is 0 Å². The summed E-state index contributed by atoms with van der Waals surface area (Å²) in [5.41, 5.74) is 0. The molecule has 0 radical (unpaired) electrons. The van der Waals surface area contributed by atoms with Crippen LogP contribution in [0.3, 0.4) is 0 Å². The van der Waals surface area contributed by atoms with E-state index in [1.807, 2.05) is 0 Å². The zero-order valence-electron chi connectivity index (χ0n) is 7.50. The van der Waals surface area contributed by atoms with Crippen molar-refractivity contribution >= 4 is 0 Å². The van der Waals surface area contributed by atoms with Crippen LogP contribution in [0.5, 0.6) is 0 Å². The van der Waals surface area contributed by atoms with E-state index in [9.17, 15) is 15.3 Å². The van der Waals surface area contributed by atoms with Gasteiger partial charge in [-0.2, -0.15) is 0 Å². The molecule has 5 heteroatoms. The standard InChI is InChI=1S/C8H16O5/c1-2-4-6(10)8(12)7(11)5(3-9)13-4/h4-12H,2-3H2,1H3/t4-,5+,6?,7?,8+/m1/s1. The molecule has 5 atom stereocenters. The van der Waals surface area contributed by atoms with Gasteiger partial charge in [-0.25, -0.2) is 0 Å². The van der Waals surface area contributed by atoms with Crippen molar-refractivity contribution in [2.75, 3.05) is 6.61 Å². The van der Waals surface area contributed by atoms with Gasteiger partial charge in [-0.15, -0.1) is 0 Å². The van der Waals surface area contributed by atoms with E-state index in [1.165, 1.54) is 0 Å². The average Bonchev–Trinajstić information content (AvgIpc) is 2.15. The first-order valence-corrected chi connectivity index (χ1v) is 4.42. The maximum atomic E-state index is 9.40. The zero-order chi connectivity index (χ0) is 10.0. The molecule has 1 rings (SSSR count). The van der Waals surface area contributed by atoms with Crippen molar-refractivity contribution in [1.82, 2.24) is 0 Å². The molecule has 0 saturated carbocycles. The van der Waals surface area contributed by atoms with Crippen molar-refractivity contribution < 1.29 is 25.2 Å². The van der Waals surface area contributed by atoms with E-state index in [4.69, 9.17) is 9.84 Å². The molecule has 1 aliphatic heterocycles. The molecule has 1 aliphatic rings. The van der Waals surface area contributed by atoms with Crippen LogP contribution in [0.1, 0.15) is 13.3 Å². The molecule has 1 heterocycles. The Kier molecular flexibility index (Phi) is 3.63. The summed E-state index contributed by atoms with van der Waals surface area (Å²) in [4.78, 5) is 0. The fourth-order valence-corrected chi connectivity index (χ4v) is 1.52. The minimum Gasteiger partial charge on any atom is -0.394 e. The second-order valence-electron chi connectivity index (χ2n) is 3.28. The van der Waals surface area contributed by atoms with Crippen LogP contribution in [0.2, 0.25) is 0 Å². The van der Waals surface area contributed by atoms with E-state index in [-0.39, 0.29) is 6.61 Å². The molecule has 0 amide bonds. The highest BCUT2D eigenvalue weighted by atomic mass is 16.5. The fourth-order valence-electron chi connectivity index (χ4n) is 1.52. The monoisotopic (exact) mass is 192 g/mol. The molecule has 1 saturated heterocycles. The van der Waals surface area contributed by atoms with Crippen LogP contribution in [-0.4, -0.2) is 57.6 Å². The molecular formula is C8H16O5. The van der Waals surface area contributed by atoms with Gasteiger partial charge in [0.2, 0.25) is 0 Å². The first-order chi connectivity index (χ1) is 6.11. The quantitative estimate of drug-likeness (QED) is 0.416. The van der Waals surface area contributed by atoms with Crippen LogP contribution in [0.4, 0.5) is 0 Å². The fraction of sp³-hybridized carbons (Fsp3) is 1.00. The van der Waals surface area contributed by atoms with Gasteiger partial charge in [0.05, 0.1) is 12.7 Å². The second-order valence-corrected chi connectivity index (χ2v) is 3.28. The predicted octanol–water partition coefficient (Wildman–Crippen LogP) is -1.76. The summed E-state index contributed by atoms with van der Waals surface area (Å²) in [5, 5.41) is 36.9. The lowest BCUT2D eigenvalue weighted by molar-refractivity contribution is -0.229. The average molecular weight is 192 g/mol. The number of ether oxygens (including phenoxy) is 1. The number of hydrogen-bond donors (Lipinski definition) is 4. The van der Waals surface area contributed by atoms with Crippen LogP contribution in [0.15, 0.2) is 0 Å². The molecular weight excluding hydrogens is 176 g/mol. The highest BCUT2D eigenvalue weighted by Crippen LogP contribution is 2.22. The van der Waals surface area contributed by atoms with E-state index < -0.39 is 30.5 Å². The van der Waals surface area contributed by atoms with Crippen molar-refractivity contribution in [2.45, 2.75) is 43.9 Å². The predicted molar refractivity (Wildman–Crippen MR) is 44.1 cm³/mol. The lowest BCUT2D eigenvalue weighted by Gasteiger charge is -2.39. The molecule has 0 bridgehead atoms. The molecule has 2 unspecified atom stereocenters. The first kappa shape index (κ1) is 10.9. The van der Waals surface area contributed by atoms with E-state index in [1.54, 1.807) is 6.92 Å². The van der Waals surface area contributed by atoms with E-state index in [2.05, 4.69) is 0 Å². The minimum atomic E-state index is -1.24. The number of aliphatic hydroxyl groups is 4. The third-order valence-corrected chi connectivity index (χ3v) is 2.39. The summed E-state index contributed by atoms with van der Waals surface area (Å²) >= 11 is 0. The Morgan fingerprint density at radius 1 is 1.00 bits per heavy atom. The van der Waals surface area contributed by atoms with Gasteiger partial charge in [0, 0.05) is 0 Å². The molecule has 0 aromatic rings. The van der Waals surface area contributed by atoms with Crippen LogP contribution in [0.25, 0.3) is 0 Å². The van der Waals surface area contributed by atoms with Gasteiger partial charge >= 0.3 is 0 Å². The number of aliphatic hydroxyl groups excluding tert-OH is 4. The Hall–Kier alpha value is -0.200. The molecule has 0 aromatic carbocycles. The summed E-state index contributed by atoms with van der Waals surface area (Å²) in [6.07, 6.45) is -4.33. The number of rotatable bonds is 2. The van der Waals surface area contributed by atoms with E-state index in [0.29, 0.717) is 6.42 Å². The van der Waals surface area contributed by atoms with Gasteiger partial charge in [-0.3, -0.25) is 0 Å². The Morgan fingerprint density at radius 2 is 1.54 bits per heavy atom. The summed E-state index contributed by atoms with van der Waals surface area (Å²) in [6, 6.07) is 0. The van der Waals surface area contributed by atoms with Crippen LogP contribution >= 0.6 is 0 Å². The van der Waals surface area contributed by atoms with Gasteiger partial charge in [-0.1, -0.05) is 6.92 Å². The van der Waals surface area contributed by atoms with Gasteiger partial charge < -0.3 is 25.2 Å². The van der Waals surface area contributed by atoms with Crippen molar-refractivity contribution in [1.29, 1.82) is 0 Å². The molecule has 13 heavy (non-hydrogen) atoms. The maximum Gasteiger partial charge on any atom is 0.111 e. The molecule has 0 spiro atoms. The molecule has 4 N–H and O–H groups in total. The molecule has 0 aliphatic carbocycles. The zero-order valence-corrected chi connectivity index (χ0v) is 7.50. The van der Waals surface area contributed by atoms with Crippen LogP contribution < -0.4 is 0 Å². The van der Waals surface area contributed by atoms with Crippen molar-refractivity contribution in [3.8, 4) is 0 Å². The third-order valence-electron chi connectivity index (χ3n) is 2.39. The highest BCUT2D eigenvalue weighted by molar-refractivity contribution is 4.91. The SMILES string of the molecule is CC[C@H]1O[C@@H](CO)C(O)[C@@H](O)C1O. The summed E-state index contributed by atoms with van der Waals surface area (Å²) in [6.45, 7) is 1.44. The van der Waals surface area contributed by atoms with Gasteiger partial charge in [0.15, 0.2) is 0 Å². The molecule has 5 nitrogen and oxygen atoms in total. The first-order valence-electron chi connectivity index (χ1n) is 4.42. The normalized spacial score (nSPS) is 46.4. The second kappa shape index (κ2) is 4.34. The molecule has 78 valence electrons. The Bertz CT molecular complexity index is 143. The Labute approximate surface area is 76.6 Å². The maximum absolute atomic E-state index is 9.40. The minimum absolute atomic E-state index is 0.360. The van der Waals surface area contributed by atoms with Gasteiger partial charge in [0.25, 0.3) is 0 Å². The molecule has 0 aromatic heterocycles. The smallest absolute Gasteiger partial charge is 0.111 e. The summed E-state index contributed by atoms with van der Waals surface area (Å²) in [5.74, 6) is 0. The van der Waals surface area contributed by atoms with Crippen molar-refractivity contribution in [2.24, 2.45) is 0 Å². The van der Waals surface area contributed by atoms with Gasteiger partial charge in [0.1, 0.15) is 24.4 Å². The van der Waals surface area contributed by atoms with Crippen LogP contribution in [-0.2, 0) is 4.74 Å². The number of hydrogen-bond acceptors (Lipinski definition) is 5. The summed E-state index contributed by atoms with van der Waals surface area (Å²) in [7, 11) is 0. The Morgan fingerprint density at radius 3 is 2.00 bits per heavy atom. The summed E-state index contributed by atoms with van der Waals surface area (Å²) < 4.78 is 5.17. The van der Waals surface area contributed by atoms with Gasteiger partial charge in [-0.05, 0) is 6.42 Å². The van der Waals surface area contributed by atoms with E-state index >= 15 is 0 Å². The highest BCUT2D eigenvalue weighted by Gasteiger charge is 2.42. The van der Waals surface area contributed by atoms with Crippen molar-refractivity contribution in [3.63, 3.8) is 0 Å². The van der Waals surface area contributed by atoms with Crippen molar-refractivity contribution in [3.05, 3.63) is 0 Å². The largest absolute Gasteiger partial charge is 0.394 e.